The predicted octanol–water partition coefficient (Wildman–Crippen LogP) is 5.93. The zero-order valence-corrected chi connectivity index (χ0v) is 39.7. The van der Waals surface area contributed by atoms with Crippen molar-refractivity contribution in [2.24, 2.45) is 5.92 Å². The van der Waals surface area contributed by atoms with Crippen molar-refractivity contribution in [3.05, 3.63) is 64.8 Å². The van der Waals surface area contributed by atoms with Gasteiger partial charge < -0.3 is 43.1 Å². The molecule has 65 heavy (non-hydrogen) atoms. The zero-order valence-electron chi connectivity index (χ0n) is 36.3. The molecule has 0 aliphatic carbocycles. The van der Waals surface area contributed by atoms with E-state index in [0.29, 0.717) is 30.6 Å². The van der Waals surface area contributed by atoms with Crippen molar-refractivity contribution in [1.29, 1.82) is 0 Å². The van der Waals surface area contributed by atoms with E-state index in [0.717, 1.165) is 71.8 Å². The fourth-order valence-corrected chi connectivity index (χ4v) is 11.7. The lowest BCUT2D eigenvalue weighted by molar-refractivity contribution is -0.149. The molecule has 3 aromatic rings. The Morgan fingerprint density at radius 2 is 1.57 bits per heavy atom. The summed E-state index contributed by atoms with van der Waals surface area (Å²) in [6.45, 7) is 0.600. The lowest BCUT2D eigenvalue weighted by Gasteiger charge is -2.42. The molecule has 0 saturated carbocycles. The average Bonchev–Trinajstić information content (AvgIpc) is 3.88. The van der Waals surface area contributed by atoms with Gasteiger partial charge >= 0.3 is 13.3 Å². The molecule has 5 heterocycles. The summed E-state index contributed by atoms with van der Waals surface area (Å²) in [4.78, 5) is 73.6. The number of aromatic nitrogens is 1. The first-order chi connectivity index (χ1) is 31.3. The van der Waals surface area contributed by atoms with Crippen LogP contribution in [0.15, 0.2) is 48.8 Å². The number of methoxy groups -OCH3 is 2. The average molecular weight is 985 g/mol. The molecule has 1 N–H and O–H groups in total. The number of hydrogen-bond acceptors (Lipinski definition) is 16. The smallest absolute Gasteiger partial charge is 0.382 e. The molecule has 356 valence electrons. The Kier molecular flexibility index (Phi) is 19.3. The highest BCUT2D eigenvalue weighted by molar-refractivity contribution is 8.14. The number of likely N-dealkylation sites (tertiary alicyclic amines) is 1. The van der Waals surface area contributed by atoms with Gasteiger partial charge in [-0.25, -0.2) is 0 Å². The number of thiophene rings is 1. The van der Waals surface area contributed by atoms with E-state index in [9.17, 15) is 28.5 Å². The van der Waals surface area contributed by atoms with E-state index < -0.39 is 60.1 Å². The van der Waals surface area contributed by atoms with Gasteiger partial charge in [0.1, 0.15) is 19.3 Å². The molecular formula is C43H55F2N4O12PS3. The van der Waals surface area contributed by atoms with Gasteiger partial charge in [-0.3, -0.25) is 33.5 Å². The summed E-state index contributed by atoms with van der Waals surface area (Å²) in [5, 5.41) is 2.36. The summed E-state index contributed by atoms with van der Waals surface area (Å²) in [6.07, 6.45) is 6.96. The second kappa shape index (κ2) is 24.6. The van der Waals surface area contributed by atoms with Gasteiger partial charge in [-0.1, -0.05) is 42.1 Å². The summed E-state index contributed by atoms with van der Waals surface area (Å²) in [5.74, 6) is -1.27. The fourth-order valence-electron chi connectivity index (χ4n) is 7.87. The summed E-state index contributed by atoms with van der Waals surface area (Å²) in [5.41, 5.74) is -3.80. The second-order valence-electron chi connectivity index (χ2n) is 15.7. The third kappa shape index (κ3) is 13.4. The predicted molar refractivity (Wildman–Crippen MR) is 242 cm³/mol. The van der Waals surface area contributed by atoms with Crippen LogP contribution >= 0.6 is 42.5 Å². The molecule has 6 rings (SSSR count). The number of hydrogen-bond donors (Lipinski definition) is 1. The minimum Gasteiger partial charge on any atom is -0.382 e. The number of pyridine rings is 1. The SMILES string of the molecule is COCCOCC(=O)SCCOP(=O)(OCCSC(=O)COCCOC)C(F)(F)c1ccc2sc(C(=O)NCC3CCC[C@H]4CC[C@@H](C(=O)N5CC(c6cccnc6)C5)N4C3=O)cc2c1. The van der Waals surface area contributed by atoms with Crippen LogP contribution < -0.4 is 5.32 Å². The largest absolute Gasteiger partial charge is 0.404 e. The van der Waals surface area contributed by atoms with E-state index >= 15 is 8.78 Å². The summed E-state index contributed by atoms with van der Waals surface area (Å²) in [7, 11) is -2.33. The number of halogens is 2. The third-order valence-electron chi connectivity index (χ3n) is 11.3. The number of thioether (sulfide) groups is 2. The number of ether oxygens (including phenoxy) is 4. The second-order valence-corrected chi connectivity index (χ2v) is 21.1. The molecule has 22 heteroatoms. The standard InChI is InChI=1S/C43H55F2N4O12PS3/c1-56-13-15-58-27-38(50)63-19-17-60-62(55,61-18-20-64-39(51)28-59-16-14-57-2)43(44,45)33-8-11-36-31(21-33)22-37(65-36)40(52)47-24-30-5-3-7-34-9-10-35(49(34)41(30)53)42(54)48-25-32(26-48)29-6-4-12-46-23-29/h4,6,8,11-12,21-23,30,32,34-35H,3,5,7,9-10,13-20,24-28H2,1-2H3,(H,47,52)/t30?,34-,35-/m0/s1. The Hall–Kier alpha value is -3.37. The maximum Gasteiger partial charge on any atom is 0.404 e. The molecule has 3 aliphatic rings. The number of rotatable bonds is 25. The molecule has 0 radical (unpaired) electrons. The quantitative estimate of drug-likeness (QED) is 0.0776. The van der Waals surface area contributed by atoms with Gasteiger partial charge in [0.2, 0.25) is 22.0 Å². The molecule has 1 unspecified atom stereocenters. The Bertz CT molecular complexity index is 2110. The van der Waals surface area contributed by atoms with Gasteiger partial charge in [0.05, 0.1) is 50.4 Å². The number of fused-ring (bicyclic) bond motifs is 2. The molecule has 3 aliphatic heterocycles. The first kappa shape index (κ1) is 51.0. The van der Waals surface area contributed by atoms with Gasteiger partial charge in [0.25, 0.3) is 5.91 Å². The molecule has 16 nitrogen and oxygen atoms in total. The van der Waals surface area contributed by atoms with Crippen LogP contribution in [0.5, 0.6) is 0 Å². The topological polar surface area (TPSA) is 189 Å². The minimum atomic E-state index is -5.31. The summed E-state index contributed by atoms with van der Waals surface area (Å²) >= 11 is 2.58. The van der Waals surface area contributed by atoms with Crippen LogP contribution in [0.2, 0.25) is 0 Å². The molecular weight excluding hydrogens is 930 g/mol. The van der Waals surface area contributed by atoms with Crippen molar-refractivity contribution in [2.75, 3.05) is 98.2 Å². The van der Waals surface area contributed by atoms with Gasteiger partial charge in [0.15, 0.2) is 0 Å². The third-order valence-corrected chi connectivity index (χ3v) is 16.0. The Balaban J connectivity index is 1.07. The monoisotopic (exact) mass is 984 g/mol. The molecule has 1 aromatic carbocycles. The Labute approximate surface area is 389 Å². The Morgan fingerprint density at radius 3 is 2.20 bits per heavy atom. The maximum atomic E-state index is 16.4. The summed E-state index contributed by atoms with van der Waals surface area (Å²) in [6, 6.07) is 8.33. The highest BCUT2D eigenvalue weighted by Crippen LogP contribution is 2.67. The first-order valence-corrected chi connectivity index (χ1v) is 25.7. The van der Waals surface area contributed by atoms with Crippen molar-refractivity contribution in [1.82, 2.24) is 20.1 Å². The molecule has 0 bridgehead atoms. The molecule has 3 fully saturated rings. The highest BCUT2D eigenvalue weighted by Gasteiger charge is 2.55. The number of benzene rings is 1. The highest BCUT2D eigenvalue weighted by atomic mass is 32.2. The molecule has 3 amide bonds. The van der Waals surface area contributed by atoms with Crippen LogP contribution in [-0.2, 0) is 57.4 Å². The van der Waals surface area contributed by atoms with Crippen LogP contribution in [0.3, 0.4) is 0 Å². The van der Waals surface area contributed by atoms with Crippen LogP contribution in [0.1, 0.15) is 58.8 Å². The summed E-state index contributed by atoms with van der Waals surface area (Å²) < 4.78 is 78.0. The van der Waals surface area contributed by atoms with Crippen LogP contribution in [0.25, 0.3) is 10.1 Å². The van der Waals surface area contributed by atoms with Crippen molar-refractivity contribution in [3.63, 3.8) is 0 Å². The molecule has 3 atom stereocenters. The first-order valence-electron chi connectivity index (χ1n) is 21.4. The lowest BCUT2D eigenvalue weighted by Crippen LogP contribution is -2.57. The van der Waals surface area contributed by atoms with Gasteiger partial charge in [-0.2, -0.15) is 8.78 Å². The van der Waals surface area contributed by atoms with Crippen molar-refractivity contribution >= 4 is 80.5 Å². The van der Waals surface area contributed by atoms with Gasteiger partial charge in [-0.05, 0) is 60.9 Å². The molecule has 3 saturated heterocycles. The Morgan fingerprint density at radius 1 is 0.892 bits per heavy atom. The maximum absolute atomic E-state index is 16.4. The number of nitrogens with zero attached hydrogens (tertiary/aromatic N) is 3. The van der Waals surface area contributed by atoms with E-state index in [1.807, 2.05) is 23.2 Å². The van der Waals surface area contributed by atoms with Crippen LogP contribution in [0.4, 0.5) is 8.78 Å². The van der Waals surface area contributed by atoms with Crippen molar-refractivity contribution < 1.29 is 65.3 Å². The van der Waals surface area contributed by atoms with Crippen molar-refractivity contribution in [2.45, 2.75) is 55.8 Å². The molecule has 2 aromatic heterocycles. The molecule has 0 spiro atoms. The van der Waals surface area contributed by atoms with Gasteiger partial charge in [0, 0.05) is 80.0 Å². The normalized spacial score (nSPS) is 19.3. The van der Waals surface area contributed by atoms with Gasteiger partial charge in [-0.15, -0.1) is 11.3 Å². The van der Waals surface area contributed by atoms with E-state index in [1.54, 1.807) is 11.1 Å². The number of amides is 3. The number of carbonyl (C=O) groups excluding carboxylic acids is 5. The lowest BCUT2D eigenvalue weighted by atomic mass is 9.91. The number of carbonyl (C=O) groups is 5. The number of alkyl halides is 2. The van der Waals surface area contributed by atoms with E-state index in [2.05, 4.69) is 10.3 Å². The van der Waals surface area contributed by atoms with Crippen molar-refractivity contribution in [3.8, 4) is 0 Å². The minimum absolute atomic E-state index is 0.0346. The zero-order chi connectivity index (χ0) is 46.4. The van der Waals surface area contributed by atoms with E-state index in [4.69, 9.17) is 28.0 Å². The number of nitrogens with one attached hydrogen (secondary N) is 1. The van der Waals surface area contributed by atoms with E-state index in [1.165, 1.54) is 26.4 Å². The fraction of sp³-hybridized carbons (Fsp3) is 0.581. The van der Waals surface area contributed by atoms with Crippen LogP contribution in [-0.4, -0.2) is 153 Å². The van der Waals surface area contributed by atoms with E-state index in [-0.39, 0.29) is 91.7 Å². The van der Waals surface area contributed by atoms with Crippen LogP contribution in [0, 0.1) is 5.92 Å².